The number of hydrogen-bond acceptors (Lipinski definition) is 2. The van der Waals surface area contributed by atoms with Crippen molar-refractivity contribution in [1.29, 1.82) is 0 Å². The molecular weight excluding hydrogens is 212 g/mol. The average molecular weight is 233 g/mol. The second-order valence-corrected chi connectivity index (χ2v) is 6.08. The maximum atomic E-state index is 5.55. The predicted molar refractivity (Wildman–Crippen MR) is 60.8 cm³/mol. The van der Waals surface area contributed by atoms with Crippen LogP contribution in [0.1, 0.15) is 40.0 Å². The number of fused-ring (bicyclic) bond motifs is 2. The van der Waals surface area contributed by atoms with Gasteiger partial charge in [0.2, 0.25) is 0 Å². The van der Waals surface area contributed by atoms with Crippen molar-refractivity contribution < 1.29 is 9.78 Å². The van der Waals surface area contributed by atoms with Gasteiger partial charge in [0.15, 0.2) is 0 Å². The number of hydrogen-bond donors (Lipinski definition) is 0. The molecule has 0 saturated heterocycles. The molecule has 0 aliphatic heterocycles. The maximum Gasteiger partial charge on any atom is 0.0991 e. The Balaban J connectivity index is 1.99. The van der Waals surface area contributed by atoms with Gasteiger partial charge in [-0.15, -0.1) is 11.6 Å². The van der Waals surface area contributed by atoms with Crippen molar-refractivity contribution >= 4 is 11.6 Å². The fraction of sp³-hybridized carbons (Fsp3) is 1.00. The van der Waals surface area contributed by atoms with Gasteiger partial charge in [-0.25, -0.2) is 9.78 Å². The molecule has 0 spiro atoms. The van der Waals surface area contributed by atoms with Crippen LogP contribution in [-0.2, 0) is 9.78 Å². The van der Waals surface area contributed by atoms with Crippen LogP contribution in [0.25, 0.3) is 0 Å². The third-order valence-electron chi connectivity index (χ3n) is 5.06. The summed E-state index contributed by atoms with van der Waals surface area (Å²) in [5.74, 6) is 1.29. The maximum absolute atomic E-state index is 5.55. The number of alkyl halides is 1. The fourth-order valence-electron chi connectivity index (χ4n) is 3.44. The molecule has 2 aliphatic carbocycles. The van der Waals surface area contributed by atoms with E-state index in [0.29, 0.717) is 17.9 Å². The van der Waals surface area contributed by atoms with Gasteiger partial charge >= 0.3 is 0 Å². The van der Waals surface area contributed by atoms with Crippen LogP contribution in [0, 0.1) is 16.7 Å². The first-order valence-corrected chi connectivity index (χ1v) is 6.40. The average Bonchev–Trinajstić information content (AvgIpc) is 2.51. The molecule has 0 radical (unpaired) electrons. The van der Waals surface area contributed by atoms with Gasteiger partial charge < -0.3 is 0 Å². The molecule has 3 heteroatoms. The minimum Gasteiger partial charge on any atom is -0.235 e. The van der Waals surface area contributed by atoms with E-state index >= 15 is 0 Å². The van der Waals surface area contributed by atoms with Crippen LogP contribution in [0.5, 0.6) is 0 Å². The summed E-state index contributed by atoms with van der Waals surface area (Å²) in [6, 6.07) is 0. The van der Waals surface area contributed by atoms with E-state index in [4.69, 9.17) is 21.4 Å². The highest BCUT2D eigenvalue weighted by molar-refractivity contribution is 6.17. The first-order chi connectivity index (χ1) is 7.02. The molecule has 2 saturated carbocycles. The molecule has 0 N–H and O–H groups in total. The minimum absolute atomic E-state index is 0.259. The Kier molecular flexibility index (Phi) is 3.04. The van der Waals surface area contributed by atoms with Crippen molar-refractivity contribution in [1.82, 2.24) is 0 Å². The number of rotatable bonds is 4. The van der Waals surface area contributed by atoms with Crippen LogP contribution in [0.2, 0.25) is 0 Å². The Morgan fingerprint density at radius 2 is 2.07 bits per heavy atom. The Morgan fingerprint density at radius 3 is 2.53 bits per heavy atom. The lowest BCUT2D eigenvalue weighted by Gasteiger charge is -2.37. The van der Waals surface area contributed by atoms with E-state index in [2.05, 4.69) is 20.8 Å². The summed E-state index contributed by atoms with van der Waals surface area (Å²) in [7, 11) is 0. The van der Waals surface area contributed by atoms with Gasteiger partial charge in [-0.1, -0.05) is 20.8 Å². The van der Waals surface area contributed by atoms with E-state index in [1.165, 1.54) is 12.8 Å². The van der Waals surface area contributed by atoms with Crippen LogP contribution < -0.4 is 0 Å². The Morgan fingerprint density at radius 1 is 1.33 bits per heavy atom. The van der Waals surface area contributed by atoms with Crippen molar-refractivity contribution in [3.63, 3.8) is 0 Å². The fourth-order valence-corrected chi connectivity index (χ4v) is 3.50. The molecule has 2 bridgehead atoms. The molecule has 2 fully saturated rings. The van der Waals surface area contributed by atoms with Gasteiger partial charge in [0.25, 0.3) is 0 Å². The molecule has 0 aromatic rings. The van der Waals surface area contributed by atoms with Crippen molar-refractivity contribution in [2.45, 2.75) is 46.1 Å². The molecule has 0 amide bonds. The Labute approximate surface area is 97.2 Å². The largest absolute Gasteiger partial charge is 0.235 e. The summed E-state index contributed by atoms with van der Waals surface area (Å²) in [6.07, 6.45) is 4.01. The van der Waals surface area contributed by atoms with Crippen LogP contribution in [0.3, 0.4) is 0 Å². The second kappa shape index (κ2) is 3.90. The summed E-state index contributed by atoms with van der Waals surface area (Å²) in [5, 5.41) is 0. The standard InChI is InChI=1S/C12H21ClO2/c1-11(2)9-4-5-12(11,3)10(8-9)15-14-7-6-13/h9-10H,4-8H2,1-3H3. The van der Waals surface area contributed by atoms with E-state index in [-0.39, 0.29) is 11.5 Å². The lowest BCUT2D eigenvalue weighted by atomic mass is 9.70. The summed E-state index contributed by atoms with van der Waals surface area (Å²) < 4.78 is 0. The van der Waals surface area contributed by atoms with Crippen molar-refractivity contribution in [2.75, 3.05) is 12.5 Å². The lowest BCUT2D eigenvalue weighted by Crippen LogP contribution is -2.37. The van der Waals surface area contributed by atoms with Gasteiger partial charge in [-0.3, -0.25) is 0 Å². The second-order valence-electron chi connectivity index (χ2n) is 5.71. The van der Waals surface area contributed by atoms with E-state index in [9.17, 15) is 0 Å². The highest BCUT2D eigenvalue weighted by Crippen LogP contribution is 2.66. The molecule has 2 aliphatic rings. The molecule has 2 rings (SSSR count). The van der Waals surface area contributed by atoms with Crippen LogP contribution in [-0.4, -0.2) is 18.6 Å². The predicted octanol–water partition coefficient (Wildman–Crippen LogP) is 3.39. The van der Waals surface area contributed by atoms with Crippen LogP contribution in [0.15, 0.2) is 0 Å². The first-order valence-electron chi connectivity index (χ1n) is 5.86. The van der Waals surface area contributed by atoms with E-state index in [0.717, 1.165) is 12.3 Å². The van der Waals surface area contributed by atoms with Crippen LogP contribution in [0.4, 0.5) is 0 Å². The zero-order chi connectivity index (χ0) is 11.1. The van der Waals surface area contributed by atoms with Crippen molar-refractivity contribution in [3.05, 3.63) is 0 Å². The van der Waals surface area contributed by atoms with E-state index < -0.39 is 0 Å². The summed E-state index contributed by atoms with van der Waals surface area (Å²) in [5.41, 5.74) is 0.673. The highest BCUT2D eigenvalue weighted by Gasteiger charge is 2.62. The lowest BCUT2D eigenvalue weighted by molar-refractivity contribution is -0.340. The zero-order valence-corrected chi connectivity index (χ0v) is 10.6. The molecule has 0 heterocycles. The summed E-state index contributed by atoms with van der Waals surface area (Å²) in [4.78, 5) is 10.7. The van der Waals surface area contributed by atoms with Gasteiger partial charge in [0.05, 0.1) is 12.7 Å². The van der Waals surface area contributed by atoms with Crippen molar-refractivity contribution in [3.8, 4) is 0 Å². The van der Waals surface area contributed by atoms with Gasteiger partial charge in [-0.05, 0) is 30.6 Å². The van der Waals surface area contributed by atoms with Crippen molar-refractivity contribution in [2.24, 2.45) is 16.7 Å². The zero-order valence-electron chi connectivity index (χ0n) is 9.88. The topological polar surface area (TPSA) is 18.5 Å². The minimum atomic E-state index is 0.259. The third-order valence-corrected chi connectivity index (χ3v) is 5.21. The molecule has 0 aromatic heterocycles. The normalized spacial score (nSPS) is 42.4. The van der Waals surface area contributed by atoms with Gasteiger partial charge in [0.1, 0.15) is 0 Å². The Bertz CT molecular complexity index is 242. The molecular formula is C12H21ClO2. The quantitative estimate of drug-likeness (QED) is 0.320. The van der Waals surface area contributed by atoms with E-state index in [1.54, 1.807) is 0 Å². The molecule has 88 valence electrons. The van der Waals surface area contributed by atoms with E-state index in [1.807, 2.05) is 0 Å². The summed E-state index contributed by atoms with van der Waals surface area (Å²) >= 11 is 5.55. The first kappa shape index (κ1) is 11.7. The van der Waals surface area contributed by atoms with Crippen LogP contribution >= 0.6 is 11.6 Å². The Hall–Kier alpha value is 0.210. The highest BCUT2D eigenvalue weighted by atomic mass is 35.5. The van der Waals surface area contributed by atoms with Gasteiger partial charge in [0, 0.05) is 11.3 Å². The molecule has 15 heavy (non-hydrogen) atoms. The SMILES string of the molecule is CC1(C)C2CCC1(C)C(OOCCCl)C2. The molecule has 3 atom stereocenters. The molecule has 2 nitrogen and oxygen atoms in total. The van der Waals surface area contributed by atoms with Gasteiger partial charge in [-0.2, -0.15) is 0 Å². The number of halogens is 1. The monoisotopic (exact) mass is 232 g/mol. The molecule has 0 aromatic carbocycles. The molecule has 3 unspecified atom stereocenters. The smallest absolute Gasteiger partial charge is 0.0991 e. The third kappa shape index (κ3) is 1.62. The summed E-state index contributed by atoms with van der Waals surface area (Å²) in [6.45, 7) is 7.57.